The molecule has 220 valence electrons. The van der Waals surface area contributed by atoms with Crippen molar-refractivity contribution in [2.24, 2.45) is 5.73 Å². The molecule has 1 aliphatic rings. The van der Waals surface area contributed by atoms with Gasteiger partial charge in [0.2, 0.25) is 0 Å². The lowest BCUT2D eigenvalue weighted by molar-refractivity contribution is 0.259. The van der Waals surface area contributed by atoms with Crippen molar-refractivity contribution in [1.82, 2.24) is 14.0 Å². The maximum Gasteiger partial charge on any atom is 0.331 e. The van der Waals surface area contributed by atoms with E-state index in [9.17, 15) is 22.8 Å². The Balaban J connectivity index is 1.46. The van der Waals surface area contributed by atoms with Crippen molar-refractivity contribution >= 4 is 5.69 Å². The lowest BCUT2D eigenvalue weighted by Gasteiger charge is -2.37. The minimum absolute atomic E-state index is 0.0999. The molecule has 1 aliphatic heterocycles. The minimum atomic E-state index is -0.773. The van der Waals surface area contributed by atoms with E-state index in [0.29, 0.717) is 56.1 Å². The molecule has 1 atom stereocenters. The Morgan fingerprint density at radius 1 is 0.786 bits per heavy atom. The molecule has 5 rings (SSSR count). The van der Waals surface area contributed by atoms with Gasteiger partial charge >= 0.3 is 5.69 Å². The maximum atomic E-state index is 14.6. The number of hydrogen-bond donors (Lipinski definition) is 1. The van der Waals surface area contributed by atoms with Crippen molar-refractivity contribution in [2.45, 2.75) is 32.5 Å². The smallest absolute Gasteiger partial charge is 0.331 e. The fourth-order valence-electron chi connectivity index (χ4n) is 5.52. The molecule has 42 heavy (non-hydrogen) atoms. The Kier molecular flexibility index (Phi) is 8.94. The van der Waals surface area contributed by atoms with Crippen molar-refractivity contribution < 1.29 is 13.2 Å². The minimum Gasteiger partial charge on any atom is -0.363 e. The third kappa shape index (κ3) is 6.19. The zero-order valence-corrected chi connectivity index (χ0v) is 23.5. The summed E-state index contributed by atoms with van der Waals surface area (Å²) in [6.07, 6.45) is 0.564. The zero-order valence-electron chi connectivity index (χ0n) is 23.5. The number of rotatable bonds is 9. The van der Waals surface area contributed by atoms with Crippen LogP contribution < -0.4 is 21.9 Å². The van der Waals surface area contributed by atoms with Gasteiger partial charge in [0.15, 0.2) is 0 Å². The summed E-state index contributed by atoms with van der Waals surface area (Å²) in [6, 6.07) is 18.7. The fraction of sp³-hybridized carbons (Fsp3) is 0.312. The van der Waals surface area contributed by atoms with E-state index in [2.05, 4.69) is 4.90 Å². The van der Waals surface area contributed by atoms with Gasteiger partial charge in [-0.25, -0.2) is 18.0 Å². The monoisotopic (exact) mass is 577 g/mol. The van der Waals surface area contributed by atoms with Gasteiger partial charge in [-0.1, -0.05) is 54.6 Å². The van der Waals surface area contributed by atoms with Crippen LogP contribution in [0.5, 0.6) is 0 Å². The maximum absolute atomic E-state index is 14.6. The highest BCUT2D eigenvalue weighted by atomic mass is 19.1. The van der Waals surface area contributed by atoms with Gasteiger partial charge in [-0.05, 0) is 42.7 Å². The lowest BCUT2D eigenvalue weighted by Crippen LogP contribution is -2.52. The number of aromatic nitrogens is 2. The summed E-state index contributed by atoms with van der Waals surface area (Å²) < 4.78 is 45.7. The van der Waals surface area contributed by atoms with Crippen LogP contribution in [0.3, 0.4) is 0 Å². The summed E-state index contributed by atoms with van der Waals surface area (Å²) in [6.45, 7) is 4.04. The Bertz CT molecular complexity index is 1640. The molecule has 0 unspecified atom stereocenters. The molecule has 0 radical (unpaired) electrons. The highest BCUT2D eigenvalue weighted by molar-refractivity contribution is 5.50. The van der Waals surface area contributed by atoms with E-state index < -0.39 is 28.9 Å². The highest BCUT2D eigenvalue weighted by Crippen LogP contribution is 2.20. The van der Waals surface area contributed by atoms with Crippen molar-refractivity contribution in [3.05, 3.63) is 133 Å². The third-order valence-corrected chi connectivity index (χ3v) is 7.99. The van der Waals surface area contributed by atoms with Crippen LogP contribution in [-0.4, -0.2) is 46.8 Å². The summed E-state index contributed by atoms with van der Waals surface area (Å²) in [4.78, 5) is 31.7. The molecular weight excluding hydrogens is 543 g/mol. The van der Waals surface area contributed by atoms with E-state index in [1.165, 1.54) is 16.7 Å². The first kappa shape index (κ1) is 29.3. The Hall–Kier alpha value is -4.15. The third-order valence-electron chi connectivity index (χ3n) is 7.99. The first-order valence-corrected chi connectivity index (χ1v) is 14.0. The van der Waals surface area contributed by atoms with Gasteiger partial charge in [-0.15, -0.1) is 0 Å². The second kappa shape index (κ2) is 12.8. The molecule has 0 spiro atoms. The van der Waals surface area contributed by atoms with E-state index in [0.717, 1.165) is 22.3 Å². The number of halogens is 3. The number of anilines is 1. The SMILES string of the molecule is Cc1c(N2CCN(CCc3ccccc3F)CC2)c(=O)n(C[C@@H](N)c2ccccc2)c(=O)n1Cc1c(F)cccc1F. The molecule has 10 heteroatoms. The Morgan fingerprint density at radius 3 is 2.07 bits per heavy atom. The van der Waals surface area contributed by atoms with Gasteiger partial charge in [-0.3, -0.25) is 18.8 Å². The van der Waals surface area contributed by atoms with Gasteiger partial charge in [0, 0.05) is 50.0 Å². The standard InChI is InChI=1S/C32H34F3N5O2/c1-22-30(38-18-16-37(17-19-38)15-14-23-8-5-6-11-26(23)33)31(41)40(21-29(36)24-9-3-2-4-10-24)32(42)39(22)20-25-27(34)12-7-13-28(25)35/h2-13,29H,14-21,36H2,1H3/t29-/m1/s1. The van der Waals surface area contributed by atoms with E-state index in [4.69, 9.17) is 5.73 Å². The van der Waals surface area contributed by atoms with Gasteiger partial charge in [0.05, 0.1) is 13.1 Å². The summed E-state index contributed by atoms with van der Waals surface area (Å²) in [7, 11) is 0. The van der Waals surface area contributed by atoms with Gasteiger partial charge in [0.1, 0.15) is 23.1 Å². The van der Waals surface area contributed by atoms with Gasteiger partial charge in [0.25, 0.3) is 5.56 Å². The van der Waals surface area contributed by atoms with Crippen molar-refractivity contribution in [3.8, 4) is 0 Å². The molecule has 4 aromatic rings. The van der Waals surface area contributed by atoms with Crippen LogP contribution in [0, 0.1) is 24.4 Å². The molecule has 2 heterocycles. The van der Waals surface area contributed by atoms with Crippen molar-refractivity contribution in [1.29, 1.82) is 0 Å². The number of nitrogens with zero attached hydrogens (tertiary/aromatic N) is 4. The summed E-state index contributed by atoms with van der Waals surface area (Å²) in [5.41, 5.74) is 7.03. The van der Waals surface area contributed by atoms with E-state index >= 15 is 0 Å². The quantitative estimate of drug-likeness (QED) is 0.327. The first-order chi connectivity index (χ1) is 20.2. The molecule has 1 fully saturated rings. The van der Waals surface area contributed by atoms with Crippen molar-refractivity contribution in [2.75, 3.05) is 37.6 Å². The lowest BCUT2D eigenvalue weighted by atomic mass is 10.1. The van der Waals surface area contributed by atoms with Crippen LogP contribution >= 0.6 is 0 Å². The van der Waals surface area contributed by atoms with E-state index in [1.807, 2.05) is 41.3 Å². The van der Waals surface area contributed by atoms with E-state index in [1.54, 1.807) is 19.1 Å². The predicted molar refractivity (Wildman–Crippen MR) is 157 cm³/mol. The molecule has 0 aliphatic carbocycles. The van der Waals surface area contributed by atoms with Gasteiger partial charge in [-0.2, -0.15) is 0 Å². The molecule has 0 amide bonds. The average molecular weight is 578 g/mol. The largest absolute Gasteiger partial charge is 0.363 e. The predicted octanol–water partition coefficient (Wildman–Crippen LogP) is 3.85. The normalized spacial score (nSPS) is 14.7. The number of benzene rings is 3. The second-order valence-electron chi connectivity index (χ2n) is 10.6. The Morgan fingerprint density at radius 2 is 1.40 bits per heavy atom. The topological polar surface area (TPSA) is 76.5 Å². The van der Waals surface area contributed by atoms with Crippen LogP contribution in [-0.2, 0) is 19.5 Å². The van der Waals surface area contributed by atoms with Crippen LogP contribution in [0.25, 0.3) is 0 Å². The van der Waals surface area contributed by atoms with E-state index in [-0.39, 0.29) is 24.5 Å². The van der Waals surface area contributed by atoms with Crippen molar-refractivity contribution in [3.63, 3.8) is 0 Å². The molecule has 2 N–H and O–H groups in total. The molecule has 0 saturated carbocycles. The number of hydrogen-bond acceptors (Lipinski definition) is 5. The summed E-state index contributed by atoms with van der Waals surface area (Å²) >= 11 is 0. The number of piperazine rings is 1. The summed E-state index contributed by atoms with van der Waals surface area (Å²) in [5.74, 6) is -1.77. The fourth-order valence-corrected chi connectivity index (χ4v) is 5.52. The molecule has 3 aromatic carbocycles. The average Bonchev–Trinajstić information content (AvgIpc) is 2.99. The number of nitrogens with two attached hydrogens (primary N) is 1. The highest BCUT2D eigenvalue weighted by Gasteiger charge is 2.26. The molecule has 1 aromatic heterocycles. The first-order valence-electron chi connectivity index (χ1n) is 14.0. The van der Waals surface area contributed by atoms with Crippen LogP contribution in [0.15, 0.2) is 82.4 Å². The molecule has 1 saturated heterocycles. The second-order valence-corrected chi connectivity index (χ2v) is 10.6. The molecular formula is C32H34F3N5O2. The molecule has 7 nitrogen and oxygen atoms in total. The van der Waals surface area contributed by atoms with Crippen LogP contribution in [0.2, 0.25) is 0 Å². The van der Waals surface area contributed by atoms with Crippen LogP contribution in [0.1, 0.15) is 28.4 Å². The molecule has 0 bridgehead atoms. The Labute approximate surface area is 242 Å². The zero-order chi connectivity index (χ0) is 29.8. The van der Waals surface area contributed by atoms with Crippen LogP contribution in [0.4, 0.5) is 18.9 Å². The summed E-state index contributed by atoms with van der Waals surface area (Å²) in [5, 5.41) is 0. The van der Waals surface area contributed by atoms with Gasteiger partial charge < -0.3 is 10.6 Å².